The van der Waals surface area contributed by atoms with Crippen LogP contribution in [0.15, 0.2) is 15.7 Å². The predicted octanol–water partition coefficient (Wildman–Crippen LogP) is 2.00. The molecule has 26 heavy (non-hydrogen) atoms. The summed E-state index contributed by atoms with van der Waals surface area (Å²) < 4.78 is 34.3. The summed E-state index contributed by atoms with van der Waals surface area (Å²) in [7, 11) is 0. The molecule has 3 heterocycles. The number of rotatable bonds is 2. The van der Waals surface area contributed by atoms with E-state index in [1.165, 1.54) is 0 Å². The minimum atomic E-state index is -0.783. The number of aromatic nitrogens is 2. The first-order valence-electron chi connectivity index (χ1n) is 8.48. The number of nitrogens with zero attached hydrogens (tertiary/aromatic N) is 2. The van der Waals surface area contributed by atoms with Crippen LogP contribution in [0.25, 0.3) is 21.1 Å². The topological polar surface area (TPSA) is 70.1 Å². The Morgan fingerprint density at radius 2 is 2.12 bits per heavy atom. The van der Waals surface area contributed by atoms with Crippen LogP contribution in [0.4, 0.5) is 14.5 Å². The number of aryl methyl sites for hydroxylation is 1. The number of benzene rings is 1. The molecule has 1 atom stereocenters. The van der Waals surface area contributed by atoms with E-state index in [0.29, 0.717) is 31.0 Å². The second-order valence-electron chi connectivity index (χ2n) is 6.51. The number of nitrogens with one attached hydrogen (secondary N) is 2. The summed E-state index contributed by atoms with van der Waals surface area (Å²) in [6, 6.07) is 1.16. The molecule has 0 spiro atoms. The van der Waals surface area contributed by atoms with Crippen LogP contribution in [0, 0.1) is 11.6 Å². The van der Waals surface area contributed by atoms with Crippen LogP contribution in [0.3, 0.4) is 0 Å². The summed E-state index contributed by atoms with van der Waals surface area (Å²) in [5, 5.41) is 3.08. The first-order chi connectivity index (χ1) is 12.4. The molecule has 2 N–H and O–H groups in total. The fourth-order valence-corrected chi connectivity index (χ4v) is 4.59. The number of hydrogen-bond donors (Lipinski definition) is 2. The lowest BCUT2D eigenvalue weighted by molar-refractivity contribution is 0.470. The summed E-state index contributed by atoms with van der Waals surface area (Å²) in [5.74, 6) is -1.54. The van der Waals surface area contributed by atoms with Gasteiger partial charge in [0.1, 0.15) is 21.7 Å². The Bertz CT molecular complexity index is 1130. The lowest BCUT2D eigenvalue weighted by atomic mass is 10.1. The van der Waals surface area contributed by atoms with Gasteiger partial charge in [-0.05, 0) is 31.4 Å². The Balaban J connectivity index is 2.10. The average molecular weight is 380 g/mol. The summed E-state index contributed by atoms with van der Waals surface area (Å²) in [4.78, 5) is 26.7. The van der Waals surface area contributed by atoms with E-state index >= 15 is 4.39 Å². The summed E-state index contributed by atoms with van der Waals surface area (Å²) in [6.45, 7) is 5.65. The molecular weight excluding hydrogens is 362 g/mol. The Kier molecular flexibility index (Phi) is 4.07. The van der Waals surface area contributed by atoms with Crippen molar-refractivity contribution in [1.29, 1.82) is 0 Å². The molecule has 1 aromatic carbocycles. The van der Waals surface area contributed by atoms with Gasteiger partial charge in [0.2, 0.25) is 5.43 Å². The number of H-pyrrole nitrogens is 1. The number of aromatic amines is 1. The average Bonchev–Trinajstić information content (AvgIpc) is 2.98. The van der Waals surface area contributed by atoms with Crippen molar-refractivity contribution in [2.24, 2.45) is 0 Å². The van der Waals surface area contributed by atoms with E-state index in [4.69, 9.17) is 0 Å². The van der Waals surface area contributed by atoms with Crippen molar-refractivity contribution in [2.45, 2.75) is 26.4 Å². The van der Waals surface area contributed by atoms with Crippen molar-refractivity contribution in [3.05, 3.63) is 38.3 Å². The summed E-state index contributed by atoms with van der Waals surface area (Å²) >= 11 is 0.990. The van der Waals surface area contributed by atoms with E-state index in [-0.39, 0.29) is 28.0 Å². The second-order valence-corrected chi connectivity index (χ2v) is 7.30. The van der Waals surface area contributed by atoms with Crippen LogP contribution in [0.5, 0.6) is 0 Å². The lowest BCUT2D eigenvalue weighted by Crippen LogP contribution is -2.49. The van der Waals surface area contributed by atoms with E-state index < -0.39 is 22.6 Å². The maximum absolute atomic E-state index is 15.5. The molecule has 1 aliphatic heterocycles. The highest BCUT2D eigenvalue weighted by Gasteiger charge is 2.27. The molecule has 0 aliphatic carbocycles. The van der Waals surface area contributed by atoms with Gasteiger partial charge in [-0.1, -0.05) is 0 Å². The molecule has 1 aliphatic rings. The van der Waals surface area contributed by atoms with E-state index in [9.17, 15) is 14.0 Å². The van der Waals surface area contributed by atoms with Gasteiger partial charge in [0.05, 0.1) is 10.9 Å². The first kappa shape index (κ1) is 17.2. The molecule has 0 saturated carbocycles. The molecule has 3 aromatic rings. The van der Waals surface area contributed by atoms with Gasteiger partial charge in [-0.15, -0.1) is 0 Å². The zero-order valence-corrected chi connectivity index (χ0v) is 15.2. The van der Waals surface area contributed by atoms with Crippen molar-refractivity contribution < 1.29 is 8.78 Å². The second kappa shape index (κ2) is 6.17. The molecule has 0 bridgehead atoms. The third-order valence-corrected chi connectivity index (χ3v) is 5.74. The summed E-state index contributed by atoms with van der Waals surface area (Å²) in [5.41, 5.74) is -1.24. The maximum atomic E-state index is 15.5. The molecular formula is C17H18F2N4O2S. The van der Waals surface area contributed by atoms with Gasteiger partial charge < -0.3 is 14.8 Å². The highest BCUT2D eigenvalue weighted by atomic mass is 32.1. The highest BCUT2D eigenvalue weighted by molar-refractivity contribution is 7.12. The third kappa shape index (κ3) is 2.38. The maximum Gasteiger partial charge on any atom is 0.271 e. The van der Waals surface area contributed by atoms with E-state index in [1.54, 1.807) is 16.4 Å². The van der Waals surface area contributed by atoms with E-state index in [2.05, 4.69) is 9.69 Å². The standard InChI is InChI=1S/C17H18F2N4O2S/c1-3-23-13-9(15(24)11-16(25)21-26-17(11)23)6-10(18)14(12(13)19)22-5-4-20-8(2)7-22/h6,8,20H,3-5,7H2,1-2H3,(H,21,25). The minimum Gasteiger partial charge on any atom is -0.364 e. The highest BCUT2D eigenvalue weighted by Crippen LogP contribution is 2.32. The first-order valence-corrected chi connectivity index (χ1v) is 9.29. The molecule has 138 valence electrons. The number of pyridine rings is 1. The predicted molar refractivity (Wildman–Crippen MR) is 99.5 cm³/mol. The van der Waals surface area contributed by atoms with E-state index in [1.807, 2.05) is 6.92 Å². The largest absolute Gasteiger partial charge is 0.364 e. The van der Waals surface area contributed by atoms with Gasteiger partial charge in [-0.25, -0.2) is 8.78 Å². The van der Waals surface area contributed by atoms with Crippen LogP contribution in [-0.4, -0.2) is 34.6 Å². The SMILES string of the molecule is CCn1c2s[nH]c(=O)c2c(=O)c2cc(F)c(N3CCNC(C)C3)c(F)c21. The smallest absolute Gasteiger partial charge is 0.271 e. The third-order valence-electron chi connectivity index (χ3n) is 4.84. The Morgan fingerprint density at radius 1 is 1.35 bits per heavy atom. The van der Waals surface area contributed by atoms with Crippen molar-refractivity contribution in [1.82, 2.24) is 14.3 Å². The molecule has 9 heteroatoms. The molecule has 1 unspecified atom stereocenters. The van der Waals surface area contributed by atoms with Gasteiger partial charge >= 0.3 is 0 Å². The van der Waals surface area contributed by atoms with Gasteiger partial charge in [-0.2, -0.15) is 0 Å². The van der Waals surface area contributed by atoms with Crippen molar-refractivity contribution in [2.75, 3.05) is 24.5 Å². The van der Waals surface area contributed by atoms with Crippen LogP contribution < -0.4 is 21.2 Å². The van der Waals surface area contributed by atoms with Crippen molar-refractivity contribution in [3.8, 4) is 0 Å². The van der Waals surface area contributed by atoms with Crippen LogP contribution >= 0.6 is 11.5 Å². The van der Waals surface area contributed by atoms with Gasteiger partial charge in [0.15, 0.2) is 5.82 Å². The van der Waals surface area contributed by atoms with Crippen LogP contribution in [-0.2, 0) is 6.54 Å². The summed E-state index contributed by atoms with van der Waals surface area (Å²) in [6.07, 6.45) is 0. The van der Waals surface area contributed by atoms with Crippen molar-refractivity contribution in [3.63, 3.8) is 0 Å². The Hall–Kier alpha value is -2.26. The molecule has 4 rings (SSSR count). The fraction of sp³-hybridized carbons (Fsp3) is 0.412. The quantitative estimate of drug-likeness (QED) is 0.714. The zero-order valence-electron chi connectivity index (χ0n) is 14.4. The van der Waals surface area contributed by atoms with Gasteiger partial charge in [-0.3, -0.25) is 14.0 Å². The Morgan fingerprint density at radius 3 is 2.81 bits per heavy atom. The molecule has 0 amide bonds. The van der Waals surface area contributed by atoms with Crippen molar-refractivity contribution >= 4 is 38.3 Å². The molecule has 6 nitrogen and oxygen atoms in total. The Labute approximate surface area is 151 Å². The molecule has 0 radical (unpaired) electrons. The van der Waals surface area contributed by atoms with Crippen LogP contribution in [0.2, 0.25) is 0 Å². The number of hydrogen-bond acceptors (Lipinski definition) is 5. The normalized spacial score (nSPS) is 18.2. The number of halogens is 2. The van der Waals surface area contributed by atoms with E-state index in [0.717, 1.165) is 17.6 Å². The van der Waals surface area contributed by atoms with Gasteiger partial charge in [0, 0.05) is 32.2 Å². The lowest BCUT2D eigenvalue weighted by Gasteiger charge is -2.34. The van der Waals surface area contributed by atoms with Crippen LogP contribution in [0.1, 0.15) is 13.8 Å². The fourth-order valence-electron chi connectivity index (χ4n) is 3.68. The minimum absolute atomic E-state index is 0.0443. The zero-order chi connectivity index (χ0) is 18.6. The monoisotopic (exact) mass is 380 g/mol. The number of fused-ring (bicyclic) bond motifs is 2. The molecule has 2 aromatic heterocycles. The molecule has 1 saturated heterocycles. The van der Waals surface area contributed by atoms with Gasteiger partial charge in [0.25, 0.3) is 5.56 Å². The number of anilines is 1. The number of piperazine rings is 1. The molecule has 1 fully saturated rings.